The average Bonchev–Trinajstić information content (AvgIpc) is 2.96. The van der Waals surface area contributed by atoms with Crippen LogP contribution < -0.4 is 0 Å². The number of hydrogen-bond acceptors (Lipinski definition) is 4. The van der Waals surface area contributed by atoms with Crippen molar-refractivity contribution in [1.82, 2.24) is 10.1 Å². The van der Waals surface area contributed by atoms with E-state index in [4.69, 9.17) is 9.26 Å². The highest BCUT2D eigenvalue weighted by Gasteiger charge is 2.22. The molecule has 0 saturated carbocycles. The summed E-state index contributed by atoms with van der Waals surface area (Å²) in [6, 6.07) is 0. The molecule has 16 heavy (non-hydrogen) atoms. The Kier molecular flexibility index (Phi) is 3.72. The second-order valence-corrected chi connectivity index (χ2v) is 4.06. The molecule has 2 rings (SSSR count). The maximum atomic E-state index is 5.31. The lowest BCUT2D eigenvalue weighted by Crippen LogP contribution is -1.99. The fourth-order valence-electron chi connectivity index (χ4n) is 1.84. The maximum absolute atomic E-state index is 5.31. The van der Waals surface area contributed by atoms with Gasteiger partial charge in [0, 0.05) is 18.6 Å². The van der Waals surface area contributed by atoms with Gasteiger partial charge in [-0.15, -0.1) is 0 Å². The van der Waals surface area contributed by atoms with Crippen LogP contribution in [0.5, 0.6) is 0 Å². The molecule has 0 bridgehead atoms. The molecule has 0 spiro atoms. The number of nitrogens with zero attached hydrogens (tertiary/aromatic N) is 2. The van der Waals surface area contributed by atoms with Gasteiger partial charge in [0.05, 0.1) is 6.61 Å². The Balaban J connectivity index is 2.09. The molecule has 88 valence electrons. The van der Waals surface area contributed by atoms with Gasteiger partial charge in [0.25, 0.3) is 5.89 Å². The zero-order valence-electron chi connectivity index (χ0n) is 9.90. The first-order valence-electron chi connectivity index (χ1n) is 5.94. The van der Waals surface area contributed by atoms with Crippen molar-refractivity contribution in [2.24, 2.45) is 0 Å². The van der Waals surface area contributed by atoms with Gasteiger partial charge < -0.3 is 9.26 Å². The lowest BCUT2D eigenvalue weighted by molar-refractivity contribution is 0.192. The fraction of sp³-hybridized carbons (Fsp3) is 0.667. The van der Waals surface area contributed by atoms with Crippen LogP contribution in [0, 0.1) is 0 Å². The SMILES string of the molecule is CCC(=Cc1nc([C@H]2CCOC2)no1)CC. The first-order valence-corrected chi connectivity index (χ1v) is 5.94. The molecule has 4 nitrogen and oxygen atoms in total. The van der Waals surface area contributed by atoms with Crippen molar-refractivity contribution in [3.8, 4) is 0 Å². The minimum Gasteiger partial charge on any atom is -0.381 e. The van der Waals surface area contributed by atoms with Gasteiger partial charge in [0.15, 0.2) is 5.82 Å². The van der Waals surface area contributed by atoms with E-state index in [2.05, 4.69) is 24.0 Å². The smallest absolute Gasteiger partial charge is 0.250 e. The van der Waals surface area contributed by atoms with Gasteiger partial charge in [-0.2, -0.15) is 4.98 Å². The summed E-state index contributed by atoms with van der Waals surface area (Å²) in [6.45, 7) is 5.80. The van der Waals surface area contributed by atoms with E-state index >= 15 is 0 Å². The van der Waals surface area contributed by atoms with Crippen LogP contribution >= 0.6 is 0 Å². The van der Waals surface area contributed by atoms with Crippen LogP contribution in [0.3, 0.4) is 0 Å². The van der Waals surface area contributed by atoms with E-state index in [1.807, 2.05) is 6.08 Å². The molecule has 1 atom stereocenters. The number of ether oxygens (including phenoxy) is 1. The molecule has 0 amide bonds. The Morgan fingerprint density at radius 1 is 1.44 bits per heavy atom. The van der Waals surface area contributed by atoms with Crippen LogP contribution in [0.15, 0.2) is 10.1 Å². The minimum atomic E-state index is 0.317. The average molecular weight is 222 g/mol. The van der Waals surface area contributed by atoms with Gasteiger partial charge in [-0.1, -0.05) is 24.6 Å². The number of aromatic nitrogens is 2. The van der Waals surface area contributed by atoms with Crippen molar-refractivity contribution in [2.45, 2.75) is 39.0 Å². The van der Waals surface area contributed by atoms with Crippen molar-refractivity contribution in [3.63, 3.8) is 0 Å². The molecule has 1 aromatic rings. The zero-order valence-corrected chi connectivity index (χ0v) is 9.90. The van der Waals surface area contributed by atoms with E-state index in [1.165, 1.54) is 5.57 Å². The first kappa shape index (κ1) is 11.3. The van der Waals surface area contributed by atoms with E-state index in [-0.39, 0.29) is 0 Å². The molecule has 1 aliphatic rings. The summed E-state index contributed by atoms with van der Waals surface area (Å²) in [5.41, 5.74) is 1.33. The van der Waals surface area contributed by atoms with Crippen molar-refractivity contribution in [3.05, 3.63) is 17.3 Å². The lowest BCUT2D eigenvalue weighted by atomic mass is 10.1. The summed E-state index contributed by atoms with van der Waals surface area (Å²) >= 11 is 0. The largest absolute Gasteiger partial charge is 0.381 e. The summed E-state index contributed by atoms with van der Waals surface area (Å²) in [6.07, 6.45) is 5.05. The van der Waals surface area contributed by atoms with Crippen molar-refractivity contribution >= 4 is 6.08 Å². The van der Waals surface area contributed by atoms with Crippen LogP contribution in [0.1, 0.15) is 50.7 Å². The highest BCUT2D eigenvalue weighted by Crippen LogP contribution is 2.23. The summed E-state index contributed by atoms with van der Waals surface area (Å²) in [4.78, 5) is 4.39. The summed E-state index contributed by atoms with van der Waals surface area (Å²) < 4.78 is 10.5. The molecule has 0 N–H and O–H groups in total. The molecule has 1 saturated heterocycles. The van der Waals surface area contributed by atoms with Gasteiger partial charge in [-0.3, -0.25) is 0 Å². The molecule has 1 aromatic heterocycles. The number of rotatable bonds is 4. The summed E-state index contributed by atoms with van der Waals surface area (Å²) in [7, 11) is 0. The molecule has 2 heterocycles. The van der Waals surface area contributed by atoms with E-state index in [0.29, 0.717) is 11.8 Å². The molecular weight excluding hydrogens is 204 g/mol. The molecule has 0 aliphatic carbocycles. The fourth-order valence-corrected chi connectivity index (χ4v) is 1.84. The molecular formula is C12H18N2O2. The van der Waals surface area contributed by atoms with Crippen molar-refractivity contribution in [1.29, 1.82) is 0 Å². The van der Waals surface area contributed by atoms with Crippen LogP contribution in [-0.2, 0) is 4.74 Å². The van der Waals surface area contributed by atoms with E-state index < -0.39 is 0 Å². The van der Waals surface area contributed by atoms with Crippen LogP contribution in [0.2, 0.25) is 0 Å². The van der Waals surface area contributed by atoms with Crippen LogP contribution in [0.4, 0.5) is 0 Å². The number of allylic oxidation sites excluding steroid dienone is 1. The second-order valence-electron chi connectivity index (χ2n) is 4.06. The molecule has 1 aliphatic heterocycles. The Hall–Kier alpha value is -1.16. The standard InChI is InChI=1S/C12H18N2O2/c1-3-9(4-2)7-11-13-12(14-16-11)10-5-6-15-8-10/h7,10H,3-6,8H2,1-2H3/t10-/m0/s1. The van der Waals surface area contributed by atoms with Gasteiger partial charge in [0.1, 0.15) is 0 Å². The Morgan fingerprint density at radius 2 is 2.25 bits per heavy atom. The van der Waals surface area contributed by atoms with Gasteiger partial charge >= 0.3 is 0 Å². The third-order valence-corrected chi connectivity index (χ3v) is 2.99. The topological polar surface area (TPSA) is 48.2 Å². The highest BCUT2D eigenvalue weighted by atomic mass is 16.5. The van der Waals surface area contributed by atoms with Crippen molar-refractivity contribution in [2.75, 3.05) is 13.2 Å². The second kappa shape index (κ2) is 5.25. The Morgan fingerprint density at radius 3 is 2.88 bits per heavy atom. The molecule has 4 heteroatoms. The zero-order chi connectivity index (χ0) is 11.4. The predicted octanol–water partition coefficient (Wildman–Crippen LogP) is 2.78. The Bertz CT molecular complexity index is 359. The van der Waals surface area contributed by atoms with Crippen LogP contribution in [0.25, 0.3) is 6.08 Å². The quantitative estimate of drug-likeness (QED) is 0.786. The van der Waals surface area contributed by atoms with Gasteiger partial charge in [0.2, 0.25) is 0 Å². The van der Waals surface area contributed by atoms with Gasteiger partial charge in [-0.05, 0) is 19.3 Å². The first-order chi connectivity index (χ1) is 7.83. The van der Waals surface area contributed by atoms with Gasteiger partial charge in [-0.25, -0.2) is 0 Å². The van der Waals surface area contributed by atoms with E-state index in [0.717, 1.165) is 38.3 Å². The Labute approximate surface area is 95.7 Å². The molecule has 0 unspecified atom stereocenters. The third kappa shape index (κ3) is 2.50. The normalized spacial score (nSPS) is 20.0. The lowest BCUT2D eigenvalue weighted by Gasteiger charge is -1.97. The third-order valence-electron chi connectivity index (χ3n) is 2.99. The summed E-state index contributed by atoms with van der Waals surface area (Å²) in [5.74, 6) is 1.73. The molecule has 0 radical (unpaired) electrons. The van der Waals surface area contributed by atoms with Crippen molar-refractivity contribution < 1.29 is 9.26 Å². The summed E-state index contributed by atoms with van der Waals surface area (Å²) in [5, 5.41) is 4.01. The van der Waals surface area contributed by atoms with E-state index in [1.54, 1.807) is 0 Å². The molecule has 1 fully saturated rings. The van der Waals surface area contributed by atoms with E-state index in [9.17, 15) is 0 Å². The predicted molar refractivity (Wildman–Crippen MR) is 61.0 cm³/mol. The maximum Gasteiger partial charge on any atom is 0.250 e. The van der Waals surface area contributed by atoms with Crippen LogP contribution in [-0.4, -0.2) is 23.4 Å². The molecule has 0 aromatic carbocycles. The monoisotopic (exact) mass is 222 g/mol. The highest BCUT2D eigenvalue weighted by molar-refractivity contribution is 5.43. The number of hydrogen-bond donors (Lipinski definition) is 0. The minimum absolute atomic E-state index is 0.317.